The molecule has 0 radical (unpaired) electrons. The van der Waals surface area contributed by atoms with Gasteiger partial charge in [0.15, 0.2) is 0 Å². The number of aliphatic carboxylic acids is 2. The number of carboxylic acid groups (broad SMARTS) is 2. The number of unbranched alkanes of at least 4 members (excludes halogenated alkanes) is 11. The summed E-state index contributed by atoms with van der Waals surface area (Å²) in [6, 6.07) is -1.35. The summed E-state index contributed by atoms with van der Waals surface area (Å²) in [4.78, 5) is 33.2. The van der Waals surface area contributed by atoms with Crippen LogP contribution in [-0.2, 0) is 14.4 Å². The molecule has 0 heterocycles. The Hall–Kier alpha value is -0.850. The largest absolute Gasteiger partial charge is 1.00 e. The minimum absolute atomic E-state index is 0. The second kappa shape index (κ2) is 21.8. The SMILES string of the molecule is CCCCCCCC/C=C\CCCCCCCC(=O)NC(CC(=O)O)C(=O)O.[H-].[Na+]. The fraction of sp³-hybridized carbons (Fsp3) is 0.773. The van der Waals surface area contributed by atoms with E-state index >= 15 is 0 Å². The molecule has 0 aliphatic heterocycles. The van der Waals surface area contributed by atoms with Gasteiger partial charge in [-0.3, -0.25) is 9.59 Å². The Kier molecular flexibility index (Phi) is 22.9. The molecule has 0 aliphatic carbocycles. The molecule has 6 nitrogen and oxygen atoms in total. The zero-order chi connectivity index (χ0) is 21.0. The van der Waals surface area contributed by atoms with Crippen LogP contribution in [0.15, 0.2) is 12.2 Å². The van der Waals surface area contributed by atoms with Gasteiger partial charge in [-0.15, -0.1) is 0 Å². The normalized spacial score (nSPS) is 11.8. The summed E-state index contributed by atoms with van der Waals surface area (Å²) in [5.41, 5.74) is 0. The second-order valence-electron chi connectivity index (χ2n) is 7.39. The van der Waals surface area contributed by atoms with Gasteiger partial charge in [0.05, 0.1) is 6.42 Å². The van der Waals surface area contributed by atoms with Crippen LogP contribution >= 0.6 is 0 Å². The molecule has 0 saturated heterocycles. The third kappa shape index (κ3) is 21.7. The number of carbonyl (C=O) groups excluding carboxylic acids is 1. The molecule has 29 heavy (non-hydrogen) atoms. The van der Waals surface area contributed by atoms with Crippen molar-refractivity contribution >= 4 is 17.8 Å². The van der Waals surface area contributed by atoms with Crippen LogP contribution in [0.1, 0.15) is 105 Å². The number of amides is 1. The van der Waals surface area contributed by atoms with Crippen molar-refractivity contribution in [3.05, 3.63) is 12.2 Å². The maximum absolute atomic E-state index is 11.7. The molecule has 0 fully saturated rings. The molecule has 7 heteroatoms. The number of carboxylic acids is 2. The fourth-order valence-corrected chi connectivity index (χ4v) is 3.00. The Morgan fingerprint density at radius 2 is 1.31 bits per heavy atom. The van der Waals surface area contributed by atoms with Crippen LogP contribution in [0.3, 0.4) is 0 Å². The molecule has 0 rings (SSSR count). The third-order valence-electron chi connectivity index (χ3n) is 4.68. The van der Waals surface area contributed by atoms with Crippen molar-refractivity contribution in [1.82, 2.24) is 5.32 Å². The van der Waals surface area contributed by atoms with Crippen LogP contribution in [0.2, 0.25) is 0 Å². The van der Waals surface area contributed by atoms with Gasteiger partial charge in [-0.2, -0.15) is 0 Å². The zero-order valence-electron chi connectivity index (χ0n) is 19.5. The van der Waals surface area contributed by atoms with Crippen LogP contribution < -0.4 is 34.9 Å². The van der Waals surface area contributed by atoms with E-state index in [0.717, 1.165) is 32.1 Å². The van der Waals surface area contributed by atoms with Crippen molar-refractivity contribution in [2.75, 3.05) is 0 Å². The predicted octanol–water partition coefficient (Wildman–Crippen LogP) is 2.18. The topological polar surface area (TPSA) is 104 Å². The average Bonchev–Trinajstić information content (AvgIpc) is 2.64. The summed E-state index contributed by atoms with van der Waals surface area (Å²) in [5.74, 6) is -2.96. The maximum atomic E-state index is 11.7. The van der Waals surface area contributed by atoms with Crippen LogP contribution in [-0.4, -0.2) is 34.1 Å². The molecule has 0 aromatic rings. The minimum atomic E-state index is -1.35. The van der Waals surface area contributed by atoms with Crippen molar-refractivity contribution in [3.63, 3.8) is 0 Å². The van der Waals surface area contributed by atoms with E-state index in [9.17, 15) is 14.4 Å². The molecule has 0 aromatic carbocycles. The van der Waals surface area contributed by atoms with Gasteiger partial charge in [0.2, 0.25) is 5.91 Å². The van der Waals surface area contributed by atoms with Gasteiger partial charge in [-0.25, -0.2) is 4.79 Å². The monoisotopic (exact) mass is 421 g/mol. The van der Waals surface area contributed by atoms with E-state index in [1.54, 1.807) is 0 Å². The van der Waals surface area contributed by atoms with Crippen molar-refractivity contribution in [3.8, 4) is 0 Å². The Bertz CT molecular complexity index is 474. The Labute approximate surface area is 199 Å². The Morgan fingerprint density at radius 1 is 0.828 bits per heavy atom. The molecule has 0 aromatic heterocycles. The molecule has 0 aliphatic rings. The molecule has 1 atom stereocenters. The van der Waals surface area contributed by atoms with Crippen LogP contribution in [0.5, 0.6) is 0 Å². The Morgan fingerprint density at radius 3 is 1.79 bits per heavy atom. The van der Waals surface area contributed by atoms with E-state index in [4.69, 9.17) is 10.2 Å². The molecular weight excluding hydrogens is 381 g/mol. The summed E-state index contributed by atoms with van der Waals surface area (Å²) >= 11 is 0. The first-order chi connectivity index (χ1) is 13.5. The van der Waals surface area contributed by atoms with E-state index in [1.807, 2.05) is 0 Å². The minimum Gasteiger partial charge on any atom is -1.00 e. The average molecular weight is 422 g/mol. The number of carbonyl (C=O) groups is 3. The van der Waals surface area contributed by atoms with Crippen molar-refractivity contribution in [2.45, 2.75) is 109 Å². The second-order valence-corrected chi connectivity index (χ2v) is 7.39. The molecule has 0 bridgehead atoms. The summed E-state index contributed by atoms with van der Waals surface area (Å²) in [6.07, 6.45) is 19.4. The van der Waals surface area contributed by atoms with Gasteiger partial charge in [0.25, 0.3) is 0 Å². The molecule has 1 amide bonds. The maximum Gasteiger partial charge on any atom is 1.00 e. The van der Waals surface area contributed by atoms with Crippen molar-refractivity contribution < 1.29 is 55.6 Å². The molecule has 3 N–H and O–H groups in total. The van der Waals surface area contributed by atoms with Crippen LogP contribution in [0, 0.1) is 0 Å². The Balaban J connectivity index is -0.00000364. The standard InChI is InChI=1S/C22H39NO5.Na.H/c1-2-3-4-5-6-7-8-9-10-11-12-13-14-15-16-17-20(24)23-19(22(27)28)18-21(25)26;;/h9-10,19H,2-8,11-18H2,1H3,(H,23,24)(H,25,26)(H,27,28);;/q;+1;-1/b10-9-;;. The molecule has 1 unspecified atom stereocenters. The number of allylic oxidation sites excluding steroid dienone is 2. The zero-order valence-corrected chi connectivity index (χ0v) is 20.5. The number of nitrogens with one attached hydrogen (secondary N) is 1. The first-order valence-electron chi connectivity index (χ1n) is 10.9. The van der Waals surface area contributed by atoms with Gasteiger partial charge >= 0.3 is 41.5 Å². The first kappa shape index (κ1) is 30.3. The number of hydrogen-bond acceptors (Lipinski definition) is 3. The van der Waals surface area contributed by atoms with Gasteiger partial charge in [-0.05, 0) is 32.1 Å². The van der Waals surface area contributed by atoms with E-state index in [1.165, 1.54) is 44.9 Å². The summed E-state index contributed by atoms with van der Waals surface area (Å²) in [5, 5.41) is 19.8. The van der Waals surface area contributed by atoms with E-state index in [2.05, 4.69) is 24.4 Å². The number of hydrogen-bond donors (Lipinski definition) is 3. The predicted molar refractivity (Wildman–Crippen MR) is 112 cm³/mol. The van der Waals surface area contributed by atoms with E-state index in [0.29, 0.717) is 6.42 Å². The van der Waals surface area contributed by atoms with E-state index < -0.39 is 30.3 Å². The van der Waals surface area contributed by atoms with Gasteiger partial charge in [0.1, 0.15) is 6.04 Å². The molecular formula is C22H40NNaO5. The fourth-order valence-electron chi connectivity index (χ4n) is 3.00. The molecule has 0 spiro atoms. The quantitative estimate of drug-likeness (QED) is 0.168. The van der Waals surface area contributed by atoms with Gasteiger partial charge < -0.3 is 17.0 Å². The van der Waals surface area contributed by atoms with E-state index in [-0.39, 0.29) is 37.4 Å². The summed E-state index contributed by atoms with van der Waals surface area (Å²) in [6.45, 7) is 2.24. The third-order valence-corrected chi connectivity index (χ3v) is 4.68. The summed E-state index contributed by atoms with van der Waals surface area (Å²) in [7, 11) is 0. The van der Waals surface area contributed by atoms with Crippen LogP contribution in [0.25, 0.3) is 0 Å². The van der Waals surface area contributed by atoms with Gasteiger partial charge in [0, 0.05) is 6.42 Å². The smallest absolute Gasteiger partial charge is 1.00 e. The summed E-state index contributed by atoms with van der Waals surface area (Å²) < 4.78 is 0. The molecule has 0 saturated carbocycles. The number of rotatable bonds is 19. The van der Waals surface area contributed by atoms with Crippen LogP contribution in [0.4, 0.5) is 0 Å². The van der Waals surface area contributed by atoms with Crippen molar-refractivity contribution in [1.29, 1.82) is 0 Å². The first-order valence-corrected chi connectivity index (χ1v) is 10.9. The molecule has 164 valence electrons. The van der Waals surface area contributed by atoms with Crippen molar-refractivity contribution in [2.24, 2.45) is 0 Å². The van der Waals surface area contributed by atoms with Gasteiger partial charge in [-0.1, -0.05) is 70.4 Å².